The molecule has 70 valence electrons. The number of rotatable bonds is 1. The molecule has 0 saturated carbocycles. The van der Waals surface area contributed by atoms with Gasteiger partial charge in [-0.25, -0.2) is 0 Å². The Bertz CT molecular complexity index is 190. The van der Waals surface area contributed by atoms with Gasteiger partial charge in [0.2, 0.25) is 0 Å². The van der Waals surface area contributed by atoms with E-state index in [-0.39, 0.29) is 6.10 Å². The lowest BCUT2D eigenvalue weighted by atomic mass is 9.88. The minimum atomic E-state index is -0.590. The van der Waals surface area contributed by atoms with Crippen LogP contribution in [-0.4, -0.2) is 30.0 Å². The number of methoxy groups -OCH3 is 1. The first-order valence-electron chi connectivity index (χ1n) is 4.07. The summed E-state index contributed by atoms with van der Waals surface area (Å²) in [5.74, 6) is 0.678. The van der Waals surface area contributed by atoms with Crippen molar-refractivity contribution in [1.82, 2.24) is 0 Å². The summed E-state index contributed by atoms with van der Waals surface area (Å²) in [5.41, 5.74) is -0.547. The quantitative estimate of drug-likeness (QED) is 0.643. The standard InChI is InChI=1S/C9H16O3/c1-6-5-9(3,11-4)8(10)7(2)12-6/h7-8,10H,1,5H2,2-4H3/t7-,8-,9+/m0/s1. The first-order chi connectivity index (χ1) is 5.49. The van der Waals surface area contributed by atoms with Crippen molar-refractivity contribution in [2.75, 3.05) is 7.11 Å². The smallest absolute Gasteiger partial charge is 0.124 e. The van der Waals surface area contributed by atoms with Gasteiger partial charge in [-0.05, 0) is 13.8 Å². The van der Waals surface area contributed by atoms with Gasteiger partial charge in [0.05, 0.1) is 5.76 Å². The Kier molecular flexibility index (Phi) is 2.44. The highest BCUT2D eigenvalue weighted by Gasteiger charge is 2.42. The van der Waals surface area contributed by atoms with Gasteiger partial charge in [-0.1, -0.05) is 6.58 Å². The van der Waals surface area contributed by atoms with Gasteiger partial charge in [0.1, 0.15) is 17.8 Å². The zero-order chi connectivity index (χ0) is 9.35. The Hall–Kier alpha value is -0.540. The van der Waals surface area contributed by atoms with Crippen molar-refractivity contribution in [3.8, 4) is 0 Å². The zero-order valence-corrected chi connectivity index (χ0v) is 7.83. The molecule has 1 aliphatic heterocycles. The van der Waals surface area contributed by atoms with Crippen LogP contribution >= 0.6 is 0 Å². The Labute approximate surface area is 73.0 Å². The van der Waals surface area contributed by atoms with Crippen LogP contribution in [0.3, 0.4) is 0 Å². The molecule has 0 aromatic rings. The van der Waals surface area contributed by atoms with Crippen molar-refractivity contribution < 1.29 is 14.6 Å². The van der Waals surface area contributed by atoms with E-state index in [1.54, 1.807) is 7.11 Å². The Balaban J connectivity index is 2.79. The molecule has 3 heteroatoms. The molecule has 1 heterocycles. The molecule has 3 nitrogen and oxygen atoms in total. The highest BCUT2D eigenvalue weighted by atomic mass is 16.5. The first-order valence-corrected chi connectivity index (χ1v) is 4.07. The summed E-state index contributed by atoms with van der Waals surface area (Å²) in [7, 11) is 1.59. The van der Waals surface area contributed by atoms with Crippen LogP contribution in [0.2, 0.25) is 0 Å². The molecule has 1 aliphatic rings. The van der Waals surface area contributed by atoms with Gasteiger partial charge in [0.25, 0.3) is 0 Å². The average molecular weight is 172 g/mol. The van der Waals surface area contributed by atoms with E-state index in [1.165, 1.54) is 0 Å². The van der Waals surface area contributed by atoms with Crippen LogP contribution in [0.15, 0.2) is 12.3 Å². The molecule has 1 N–H and O–H groups in total. The van der Waals surface area contributed by atoms with Crippen molar-refractivity contribution in [2.24, 2.45) is 0 Å². The average Bonchev–Trinajstić information content (AvgIpc) is 2.00. The van der Waals surface area contributed by atoms with Gasteiger partial charge in [-0.3, -0.25) is 0 Å². The van der Waals surface area contributed by atoms with E-state index in [0.29, 0.717) is 12.2 Å². The van der Waals surface area contributed by atoms with Gasteiger partial charge in [0.15, 0.2) is 0 Å². The highest BCUT2D eigenvalue weighted by Crippen LogP contribution is 2.32. The molecule has 1 rings (SSSR count). The Morgan fingerprint density at radius 3 is 2.83 bits per heavy atom. The molecule has 3 atom stereocenters. The predicted molar refractivity (Wildman–Crippen MR) is 45.7 cm³/mol. The lowest BCUT2D eigenvalue weighted by Gasteiger charge is -2.41. The fraction of sp³-hybridized carbons (Fsp3) is 0.778. The van der Waals surface area contributed by atoms with Crippen LogP contribution < -0.4 is 0 Å². The van der Waals surface area contributed by atoms with Crippen molar-refractivity contribution in [2.45, 2.75) is 38.1 Å². The second-order valence-electron chi connectivity index (χ2n) is 3.50. The van der Waals surface area contributed by atoms with E-state index in [0.717, 1.165) is 0 Å². The summed E-state index contributed by atoms with van der Waals surface area (Å²) in [4.78, 5) is 0. The van der Waals surface area contributed by atoms with E-state index < -0.39 is 11.7 Å². The lowest BCUT2D eigenvalue weighted by molar-refractivity contribution is -0.166. The van der Waals surface area contributed by atoms with Gasteiger partial charge in [0, 0.05) is 13.5 Å². The SMILES string of the molecule is C=C1C[C@@](C)(OC)[C@@H](O)[C@H](C)O1. The molecule has 1 saturated heterocycles. The molecule has 0 aromatic heterocycles. The fourth-order valence-corrected chi connectivity index (χ4v) is 1.55. The molecule has 0 unspecified atom stereocenters. The maximum absolute atomic E-state index is 9.72. The minimum Gasteiger partial charge on any atom is -0.493 e. The Morgan fingerprint density at radius 1 is 1.75 bits per heavy atom. The molecule has 0 spiro atoms. The first kappa shape index (κ1) is 9.55. The van der Waals surface area contributed by atoms with Crippen LogP contribution in [0.1, 0.15) is 20.3 Å². The van der Waals surface area contributed by atoms with Crippen LogP contribution in [0.5, 0.6) is 0 Å². The van der Waals surface area contributed by atoms with E-state index in [1.807, 2.05) is 13.8 Å². The molecular weight excluding hydrogens is 156 g/mol. The van der Waals surface area contributed by atoms with Gasteiger partial charge >= 0.3 is 0 Å². The van der Waals surface area contributed by atoms with Gasteiger partial charge in [-0.15, -0.1) is 0 Å². The summed E-state index contributed by atoms with van der Waals surface area (Å²) in [6, 6.07) is 0. The van der Waals surface area contributed by atoms with Crippen LogP contribution in [0.25, 0.3) is 0 Å². The van der Waals surface area contributed by atoms with Crippen molar-refractivity contribution >= 4 is 0 Å². The monoisotopic (exact) mass is 172 g/mol. The summed E-state index contributed by atoms with van der Waals surface area (Å²) < 4.78 is 10.5. The van der Waals surface area contributed by atoms with Gasteiger partial charge < -0.3 is 14.6 Å². The number of aliphatic hydroxyl groups excluding tert-OH is 1. The molecule has 0 amide bonds. The van der Waals surface area contributed by atoms with Crippen LogP contribution in [0, 0.1) is 0 Å². The van der Waals surface area contributed by atoms with E-state index >= 15 is 0 Å². The largest absolute Gasteiger partial charge is 0.493 e. The number of hydrogen-bond acceptors (Lipinski definition) is 3. The second-order valence-corrected chi connectivity index (χ2v) is 3.50. The van der Waals surface area contributed by atoms with E-state index in [2.05, 4.69) is 6.58 Å². The third-order valence-electron chi connectivity index (χ3n) is 2.44. The van der Waals surface area contributed by atoms with Gasteiger partial charge in [-0.2, -0.15) is 0 Å². The lowest BCUT2D eigenvalue weighted by Crippen LogP contribution is -2.51. The molecule has 0 aromatic carbocycles. The maximum atomic E-state index is 9.72. The predicted octanol–water partition coefficient (Wildman–Crippen LogP) is 1.07. The topological polar surface area (TPSA) is 38.7 Å². The fourth-order valence-electron chi connectivity index (χ4n) is 1.55. The van der Waals surface area contributed by atoms with Crippen molar-refractivity contribution in [3.05, 3.63) is 12.3 Å². The molecule has 12 heavy (non-hydrogen) atoms. The Morgan fingerprint density at radius 2 is 2.33 bits per heavy atom. The maximum Gasteiger partial charge on any atom is 0.124 e. The minimum absolute atomic E-state index is 0.240. The molecule has 1 fully saturated rings. The highest BCUT2D eigenvalue weighted by molar-refractivity contribution is 5.03. The van der Waals surface area contributed by atoms with Crippen LogP contribution in [-0.2, 0) is 9.47 Å². The summed E-state index contributed by atoms with van der Waals surface area (Å²) in [5, 5.41) is 9.72. The van der Waals surface area contributed by atoms with Crippen molar-refractivity contribution in [3.63, 3.8) is 0 Å². The van der Waals surface area contributed by atoms with E-state index in [9.17, 15) is 5.11 Å². The molecular formula is C9H16O3. The summed E-state index contributed by atoms with van der Waals surface area (Å²) in [6.45, 7) is 7.40. The summed E-state index contributed by atoms with van der Waals surface area (Å²) in [6.07, 6.45) is -0.279. The third-order valence-corrected chi connectivity index (χ3v) is 2.44. The van der Waals surface area contributed by atoms with Crippen molar-refractivity contribution in [1.29, 1.82) is 0 Å². The normalized spacial score (nSPS) is 42.5. The second kappa shape index (κ2) is 3.07. The number of ether oxygens (including phenoxy) is 2. The summed E-state index contributed by atoms with van der Waals surface area (Å²) >= 11 is 0. The number of hydrogen-bond donors (Lipinski definition) is 1. The zero-order valence-electron chi connectivity index (χ0n) is 7.83. The third kappa shape index (κ3) is 1.47. The molecule has 0 bridgehead atoms. The molecule has 0 radical (unpaired) electrons. The van der Waals surface area contributed by atoms with Crippen LogP contribution in [0.4, 0.5) is 0 Å². The van der Waals surface area contributed by atoms with E-state index in [4.69, 9.17) is 9.47 Å². The molecule has 0 aliphatic carbocycles. The number of aliphatic hydroxyl groups is 1.